The van der Waals surface area contributed by atoms with Gasteiger partial charge in [-0.1, -0.05) is 297 Å². The van der Waals surface area contributed by atoms with Gasteiger partial charge in [0, 0.05) is 111 Å². The van der Waals surface area contributed by atoms with Crippen molar-refractivity contribution < 1.29 is 0 Å². The lowest BCUT2D eigenvalue weighted by Gasteiger charge is -2.28. The smallest absolute Gasteiger partial charge is 0.0567 e. The highest BCUT2D eigenvalue weighted by molar-refractivity contribution is 6.13. The molecule has 0 bridgehead atoms. The fourth-order valence-electron chi connectivity index (χ4n) is 15.5. The fourth-order valence-corrected chi connectivity index (χ4v) is 15.5. The Morgan fingerprint density at radius 2 is 0.372 bits per heavy atom. The molecule has 113 heavy (non-hydrogen) atoms. The molecular weight excluding hydrogens is 1370 g/mol. The molecule has 0 amide bonds. The largest absolute Gasteiger partial charge is 0.345 e. The molecule has 19 aromatic carbocycles. The van der Waals surface area contributed by atoms with Crippen LogP contribution in [0.4, 0.5) is 85.3 Å². The van der Waals surface area contributed by atoms with Gasteiger partial charge in [-0.05, 0) is 207 Å². The van der Waals surface area contributed by atoms with Gasteiger partial charge in [-0.3, -0.25) is 0 Å². The summed E-state index contributed by atoms with van der Waals surface area (Å²) in [6.45, 7) is 0. The van der Waals surface area contributed by atoms with Crippen LogP contribution < -0.4 is 29.4 Å². The third kappa shape index (κ3) is 15.3. The van der Waals surface area contributed by atoms with E-state index in [4.69, 9.17) is 0 Å². The molecule has 0 N–H and O–H groups in total. The Hall–Kier alpha value is -14.7. The SMILES string of the molecule is CN(c1ccc(-c2ccccc2)cc1)c1ccc(N(c2ccccc2)c2cccc3ccccc23)cc1.CN(c1ccc(N(c2ccccc2)c2cccc3ccccc23)cc1)c1c2ccccc2cc2ccccc12.CN(c1ccc(N(c2ccccc2)c2cccc3ccccc23)cc1)c1cccc(-c2ccccc2)c1. The van der Waals surface area contributed by atoms with Crippen LogP contribution in [0.15, 0.2) is 455 Å². The molecule has 19 aromatic rings. The van der Waals surface area contributed by atoms with Gasteiger partial charge in [0.05, 0.1) is 22.7 Å². The van der Waals surface area contributed by atoms with E-state index >= 15 is 0 Å². The number of hydrogen-bond acceptors (Lipinski definition) is 6. The number of rotatable bonds is 17. The zero-order valence-electron chi connectivity index (χ0n) is 63.5. The zero-order valence-corrected chi connectivity index (χ0v) is 63.5. The fraction of sp³-hybridized carbons (Fsp3) is 0.0280. The molecular formula is C107H84N6. The summed E-state index contributed by atoms with van der Waals surface area (Å²) in [5.74, 6) is 0. The Morgan fingerprint density at radius 3 is 0.743 bits per heavy atom. The first kappa shape index (κ1) is 71.2. The van der Waals surface area contributed by atoms with Gasteiger partial charge in [-0.2, -0.15) is 0 Å². The van der Waals surface area contributed by atoms with Gasteiger partial charge in [0.2, 0.25) is 0 Å². The monoisotopic (exact) mass is 1450 g/mol. The van der Waals surface area contributed by atoms with E-state index in [1.165, 1.54) is 98.9 Å². The molecule has 0 saturated carbocycles. The summed E-state index contributed by atoms with van der Waals surface area (Å²) in [6, 6.07) is 162. The Bertz CT molecular complexity index is 6330. The minimum absolute atomic E-state index is 1.12. The van der Waals surface area contributed by atoms with Crippen LogP contribution in [0.1, 0.15) is 0 Å². The van der Waals surface area contributed by atoms with Gasteiger partial charge in [0.25, 0.3) is 0 Å². The maximum Gasteiger partial charge on any atom is 0.0567 e. The summed E-state index contributed by atoms with van der Waals surface area (Å²) in [5.41, 5.74) is 22.1. The molecule has 0 saturated heterocycles. The lowest BCUT2D eigenvalue weighted by molar-refractivity contribution is 1.20. The van der Waals surface area contributed by atoms with Crippen molar-refractivity contribution in [1.82, 2.24) is 0 Å². The van der Waals surface area contributed by atoms with Crippen molar-refractivity contribution in [3.63, 3.8) is 0 Å². The van der Waals surface area contributed by atoms with E-state index in [9.17, 15) is 0 Å². The molecule has 0 heterocycles. The quantitative estimate of drug-likeness (QED) is 0.0841. The van der Waals surface area contributed by atoms with E-state index < -0.39 is 0 Å². The van der Waals surface area contributed by atoms with Crippen LogP contribution in [-0.2, 0) is 0 Å². The molecule has 542 valence electrons. The number of fused-ring (bicyclic) bond motifs is 5. The summed E-state index contributed by atoms with van der Waals surface area (Å²) >= 11 is 0. The first-order valence-electron chi connectivity index (χ1n) is 38.6. The number of benzene rings is 19. The standard InChI is InChI=1S/C37H28N2.2C35H28N2/c1-38(37-34-19-9-6-13-28(34)26-29-14-7-10-20-35(29)37)30-22-24-32(25-23-30)39(31-16-3-2-4-17-31)36-21-11-15-27-12-5-8-18-33(27)36;1-36(33-19-10-16-29(26-33)27-12-4-2-5-13-27)30-22-24-32(25-23-30)37(31-17-6-3-7-18-31)35-21-11-15-28-14-8-9-20-34(28)35;1-36(30-21-19-28(20-22-30)27-11-4-2-5-12-27)31-23-25-33(26-24-31)37(32-15-6-3-7-16-32)35-18-10-14-29-13-8-9-17-34(29)35/h2-26H,1H3;2*2-26H,1H3. The molecule has 0 spiro atoms. The van der Waals surface area contributed by atoms with Gasteiger partial charge in [-0.25, -0.2) is 0 Å². The molecule has 0 aliphatic carbocycles. The van der Waals surface area contributed by atoms with Gasteiger partial charge in [0.15, 0.2) is 0 Å². The van der Waals surface area contributed by atoms with Crippen LogP contribution >= 0.6 is 0 Å². The van der Waals surface area contributed by atoms with Crippen LogP contribution in [0.2, 0.25) is 0 Å². The van der Waals surface area contributed by atoms with E-state index in [0.29, 0.717) is 0 Å². The van der Waals surface area contributed by atoms with E-state index in [1.807, 2.05) is 0 Å². The number of hydrogen-bond donors (Lipinski definition) is 0. The van der Waals surface area contributed by atoms with Crippen molar-refractivity contribution in [2.24, 2.45) is 0 Å². The van der Waals surface area contributed by atoms with E-state index in [1.54, 1.807) is 0 Å². The lowest BCUT2D eigenvalue weighted by atomic mass is 10.00. The molecule has 0 radical (unpaired) electrons. The van der Waals surface area contributed by atoms with Crippen molar-refractivity contribution in [3.8, 4) is 22.3 Å². The zero-order chi connectivity index (χ0) is 76.2. The molecule has 19 rings (SSSR count). The van der Waals surface area contributed by atoms with E-state index in [2.05, 4.69) is 506 Å². The highest BCUT2D eigenvalue weighted by atomic mass is 15.2. The van der Waals surface area contributed by atoms with Crippen molar-refractivity contribution >= 4 is 139 Å². The summed E-state index contributed by atoms with van der Waals surface area (Å²) in [6.07, 6.45) is 0. The normalized spacial score (nSPS) is 11.0. The van der Waals surface area contributed by atoms with Crippen LogP contribution in [0.5, 0.6) is 0 Å². The summed E-state index contributed by atoms with van der Waals surface area (Å²) in [4.78, 5) is 13.8. The molecule has 6 nitrogen and oxygen atoms in total. The maximum absolute atomic E-state index is 2.35. The third-order valence-electron chi connectivity index (χ3n) is 21.3. The van der Waals surface area contributed by atoms with E-state index in [-0.39, 0.29) is 0 Å². The van der Waals surface area contributed by atoms with Crippen LogP contribution in [-0.4, -0.2) is 21.1 Å². The van der Waals surface area contributed by atoms with Crippen LogP contribution in [0, 0.1) is 0 Å². The minimum atomic E-state index is 1.12. The van der Waals surface area contributed by atoms with Crippen LogP contribution in [0.3, 0.4) is 0 Å². The minimum Gasteiger partial charge on any atom is -0.345 e. The number of nitrogens with zero attached hydrogens (tertiary/aromatic N) is 6. The second-order valence-corrected chi connectivity index (χ2v) is 28.2. The first-order chi connectivity index (χ1) is 55.8. The summed E-state index contributed by atoms with van der Waals surface area (Å²) in [7, 11) is 6.41. The Morgan fingerprint density at radius 1 is 0.142 bits per heavy atom. The molecule has 0 aromatic heterocycles. The Balaban J connectivity index is 0.000000123. The number of para-hydroxylation sites is 3. The molecule has 0 atom stereocenters. The predicted molar refractivity (Wildman–Crippen MR) is 485 cm³/mol. The van der Waals surface area contributed by atoms with Crippen molar-refractivity contribution in [2.75, 3.05) is 50.5 Å². The lowest BCUT2D eigenvalue weighted by Crippen LogP contribution is -2.12. The van der Waals surface area contributed by atoms with Crippen LogP contribution in [0.25, 0.3) is 76.1 Å². The topological polar surface area (TPSA) is 19.4 Å². The third-order valence-corrected chi connectivity index (χ3v) is 21.3. The second kappa shape index (κ2) is 33.0. The maximum atomic E-state index is 2.35. The van der Waals surface area contributed by atoms with Gasteiger partial charge in [0.1, 0.15) is 0 Å². The summed E-state index contributed by atoms with van der Waals surface area (Å²) < 4.78 is 0. The highest BCUT2D eigenvalue weighted by Gasteiger charge is 2.21. The molecule has 0 unspecified atom stereocenters. The first-order valence-corrected chi connectivity index (χ1v) is 38.6. The average Bonchev–Trinajstić information content (AvgIpc) is 0.786. The van der Waals surface area contributed by atoms with Gasteiger partial charge >= 0.3 is 0 Å². The summed E-state index contributed by atoms with van der Waals surface area (Å²) in [5, 5.41) is 12.4. The van der Waals surface area contributed by atoms with Crippen molar-refractivity contribution in [3.05, 3.63) is 455 Å². The average molecular weight is 1450 g/mol. The van der Waals surface area contributed by atoms with Crippen molar-refractivity contribution in [2.45, 2.75) is 0 Å². The Kier molecular flexibility index (Phi) is 20.8. The molecule has 0 fully saturated rings. The van der Waals surface area contributed by atoms with Gasteiger partial charge in [-0.15, -0.1) is 0 Å². The second-order valence-electron chi connectivity index (χ2n) is 28.2. The predicted octanol–water partition coefficient (Wildman–Crippen LogP) is 29.9. The van der Waals surface area contributed by atoms with Gasteiger partial charge < -0.3 is 29.4 Å². The molecule has 6 heteroatoms. The molecule has 0 aliphatic heterocycles. The van der Waals surface area contributed by atoms with E-state index in [0.717, 1.165) is 62.6 Å². The highest BCUT2D eigenvalue weighted by Crippen LogP contribution is 2.46. The van der Waals surface area contributed by atoms with Crippen molar-refractivity contribution in [1.29, 1.82) is 0 Å². The number of anilines is 15. The Labute approximate surface area is 662 Å². The molecule has 0 aliphatic rings.